The molecule has 7 nitrogen and oxygen atoms in total. The Labute approximate surface area is 178 Å². The van der Waals surface area contributed by atoms with Crippen LogP contribution < -0.4 is 14.8 Å². The molecule has 1 saturated heterocycles. The van der Waals surface area contributed by atoms with Crippen LogP contribution in [0.25, 0.3) is 0 Å². The maximum absolute atomic E-state index is 12.8. The summed E-state index contributed by atoms with van der Waals surface area (Å²) in [7, 11) is -3.56. The Hall–Kier alpha value is -2.58. The molecule has 8 heteroatoms. The smallest absolute Gasteiger partial charge is 0.258 e. The quantitative estimate of drug-likeness (QED) is 0.693. The van der Waals surface area contributed by atoms with E-state index in [-0.39, 0.29) is 23.5 Å². The predicted octanol–water partition coefficient (Wildman–Crippen LogP) is 2.74. The number of nitrogens with one attached hydrogen (secondary N) is 1. The van der Waals surface area contributed by atoms with Crippen LogP contribution in [0.15, 0.2) is 53.4 Å². The molecule has 1 aliphatic heterocycles. The Kier molecular flexibility index (Phi) is 7.33. The van der Waals surface area contributed by atoms with Gasteiger partial charge in [-0.3, -0.25) is 4.79 Å². The minimum atomic E-state index is -3.56. The first-order valence-corrected chi connectivity index (χ1v) is 11.5. The van der Waals surface area contributed by atoms with E-state index in [1.807, 2.05) is 38.1 Å². The third-order valence-corrected chi connectivity index (χ3v) is 6.90. The zero-order valence-electron chi connectivity index (χ0n) is 17.3. The molecular formula is C22H28N2O5S. The molecular weight excluding hydrogens is 404 g/mol. The molecule has 3 rings (SSSR count). The highest BCUT2D eigenvalue weighted by Gasteiger charge is 2.30. The fourth-order valence-corrected chi connectivity index (χ4v) is 4.79. The van der Waals surface area contributed by atoms with Crippen molar-refractivity contribution in [2.75, 3.05) is 26.3 Å². The van der Waals surface area contributed by atoms with E-state index in [0.29, 0.717) is 44.0 Å². The van der Waals surface area contributed by atoms with Crippen LogP contribution in [0.3, 0.4) is 0 Å². The lowest BCUT2D eigenvalue weighted by atomic mass is 10.1. The largest absolute Gasteiger partial charge is 0.494 e. The lowest BCUT2D eigenvalue weighted by Gasteiger charge is -2.31. The highest BCUT2D eigenvalue weighted by molar-refractivity contribution is 7.89. The highest BCUT2D eigenvalue weighted by atomic mass is 32.2. The minimum Gasteiger partial charge on any atom is -0.494 e. The van der Waals surface area contributed by atoms with Crippen molar-refractivity contribution in [2.24, 2.45) is 0 Å². The summed E-state index contributed by atoms with van der Waals surface area (Å²) in [6, 6.07) is 13.9. The molecule has 1 N–H and O–H groups in total. The maximum atomic E-state index is 12.8. The third kappa shape index (κ3) is 5.73. The van der Waals surface area contributed by atoms with Crippen LogP contribution in [0.1, 0.15) is 25.3 Å². The molecule has 1 amide bonds. The number of nitrogens with zero attached hydrogens (tertiary/aromatic N) is 1. The molecule has 1 aliphatic rings. The summed E-state index contributed by atoms with van der Waals surface area (Å²) in [5, 5.41) is 2.93. The Bertz CT molecular complexity index is 934. The van der Waals surface area contributed by atoms with Crippen molar-refractivity contribution in [2.45, 2.75) is 37.6 Å². The fourth-order valence-electron chi connectivity index (χ4n) is 3.32. The van der Waals surface area contributed by atoms with Gasteiger partial charge in [0.05, 0.1) is 11.5 Å². The second-order valence-corrected chi connectivity index (χ2v) is 9.19. The van der Waals surface area contributed by atoms with E-state index in [1.165, 1.54) is 4.31 Å². The zero-order valence-corrected chi connectivity index (χ0v) is 18.2. The third-order valence-electron chi connectivity index (χ3n) is 4.98. The van der Waals surface area contributed by atoms with E-state index in [0.717, 1.165) is 5.56 Å². The van der Waals surface area contributed by atoms with E-state index in [9.17, 15) is 13.2 Å². The van der Waals surface area contributed by atoms with E-state index in [4.69, 9.17) is 9.47 Å². The normalized spacial score (nSPS) is 15.5. The predicted molar refractivity (Wildman–Crippen MR) is 114 cm³/mol. The average molecular weight is 433 g/mol. The molecule has 0 spiro atoms. The summed E-state index contributed by atoms with van der Waals surface area (Å²) in [6.07, 6.45) is 1.12. The van der Waals surface area contributed by atoms with Crippen molar-refractivity contribution < 1.29 is 22.7 Å². The number of sulfonamides is 1. The van der Waals surface area contributed by atoms with Crippen molar-refractivity contribution >= 4 is 15.9 Å². The number of amides is 1. The van der Waals surface area contributed by atoms with E-state index in [2.05, 4.69) is 5.32 Å². The van der Waals surface area contributed by atoms with Gasteiger partial charge in [-0.1, -0.05) is 17.7 Å². The lowest BCUT2D eigenvalue weighted by Crippen LogP contribution is -2.47. The number of ether oxygens (including phenoxy) is 2. The summed E-state index contributed by atoms with van der Waals surface area (Å²) in [5.41, 5.74) is 1.12. The van der Waals surface area contributed by atoms with Gasteiger partial charge in [0.25, 0.3) is 5.91 Å². The van der Waals surface area contributed by atoms with Gasteiger partial charge in [0.1, 0.15) is 11.5 Å². The molecule has 2 aromatic carbocycles. The van der Waals surface area contributed by atoms with Gasteiger partial charge in [0.2, 0.25) is 10.0 Å². The van der Waals surface area contributed by atoms with E-state index >= 15 is 0 Å². The van der Waals surface area contributed by atoms with Gasteiger partial charge < -0.3 is 14.8 Å². The van der Waals surface area contributed by atoms with Crippen molar-refractivity contribution in [1.82, 2.24) is 9.62 Å². The second-order valence-electron chi connectivity index (χ2n) is 7.25. The van der Waals surface area contributed by atoms with Crippen LogP contribution in [-0.4, -0.2) is 51.0 Å². The number of benzene rings is 2. The summed E-state index contributed by atoms with van der Waals surface area (Å²) in [5.74, 6) is 1.08. The minimum absolute atomic E-state index is 0.0618. The summed E-state index contributed by atoms with van der Waals surface area (Å²) >= 11 is 0. The van der Waals surface area contributed by atoms with Crippen LogP contribution >= 0.6 is 0 Å². The van der Waals surface area contributed by atoms with Crippen molar-refractivity contribution in [3.63, 3.8) is 0 Å². The van der Waals surface area contributed by atoms with Crippen LogP contribution in [-0.2, 0) is 14.8 Å². The number of carbonyl (C=O) groups is 1. The first-order valence-electron chi connectivity index (χ1n) is 10.1. The average Bonchev–Trinajstić information content (AvgIpc) is 2.74. The Morgan fingerprint density at radius 3 is 2.17 bits per heavy atom. The molecule has 0 unspecified atom stereocenters. The SMILES string of the molecule is CCOc1ccc(S(=O)(=O)N2CCC(NC(=O)COc3ccc(C)cc3)CC2)cc1. The molecule has 0 radical (unpaired) electrons. The molecule has 0 aromatic heterocycles. The van der Waals surface area contributed by atoms with Gasteiger partial charge in [-0.25, -0.2) is 8.42 Å². The Balaban J connectivity index is 1.47. The lowest BCUT2D eigenvalue weighted by molar-refractivity contribution is -0.124. The number of hydrogen-bond acceptors (Lipinski definition) is 5. The fraction of sp³-hybridized carbons (Fsp3) is 0.409. The maximum Gasteiger partial charge on any atom is 0.258 e. The van der Waals surface area contributed by atoms with Crippen molar-refractivity contribution in [3.05, 3.63) is 54.1 Å². The van der Waals surface area contributed by atoms with Gasteiger partial charge in [-0.05, 0) is 63.1 Å². The van der Waals surface area contributed by atoms with Crippen LogP contribution in [0.4, 0.5) is 0 Å². The molecule has 1 fully saturated rings. The van der Waals surface area contributed by atoms with Crippen molar-refractivity contribution in [1.29, 1.82) is 0 Å². The van der Waals surface area contributed by atoms with Gasteiger partial charge in [0.15, 0.2) is 6.61 Å². The van der Waals surface area contributed by atoms with Gasteiger partial charge in [0, 0.05) is 19.1 Å². The topological polar surface area (TPSA) is 84.9 Å². The number of aryl methyl sites for hydroxylation is 1. The summed E-state index contributed by atoms with van der Waals surface area (Å²) < 4.78 is 38.0. The molecule has 0 bridgehead atoms. The van der Waals surface area contributed by atoms with E-state index in [1.54, 1.807) is 24.3 Å². The van der Waals surface area contributed by atoms with Crippen LogP contribution in [0.5, 0.6) is 11.5 Å². The standard InChI is InChI=1S/C22H28N2O5S/c1-3-28-19-8-10-21(11-9-19)30(26,27)24-14-12-18(13-15-24)23-22(25)16-29-20-6-4-17(2)5-7-20/h4-11,18H,3,12-16H2,1-2H3,(H,23,25). The first-order chi connectivity index (χ1) is 14.4. The van der Waals surface area contributed by atoms with Crippen molar-refractivity contribution in [3.8, 4) is 11.5 Å². The molecule has 30 heavy (non-hydrogen) atoms. The van der Waals surface area contributed by atoms with Gasteiger partial charge >= 0.3 is 0 Å². The van der Waals surface area contributed by atoms with Gasteiger partial charge in [-0.15, -0.1) is 0 Å². The number of rotatable bonds is 8. The number of carbonyl (C=O) groups excluding carboxylic acids is 1. The molecule has 0 atom stereocenters. The molecule has 0 saturated carbocycles. The summed E-state index contributed by atoms with van der Waals surface area (Å²) in [4.78, 5) is 12.4. The first kappa shape index (κ1) is 22.1. The Morgan fingerprint density at radius 2 is 1.57 bits per heavy atom. The number of hydrogen-bond donors (Lipinski definition) is 1. The van der Waals surface area contributed by atoms with E-state index < -0.39 is 10.0 Å². The molecule has 162 valence electrons. The molecule has 0 aliphatic carbocycles. The zero-order chi connectivity index (χ0) is 21.6. The van der Waals surface area contributed by atoms with Crippen LogP contribution in [0.2, 0.25) is 0 Å². The Morgan fingerprint density at radius 1 is 1.00 bits per heavy atom. The highest BCUT2D eigenvalue weighted by Crippen LogP contribution is 2.23. The number of piperidine rings is 1. The summed E-state index contributed by atoms with van der Waals surface area (Å²) in [6.45, 7) is 5.05. The monoisotopic (exact) mass is 432 g/mol. The van der Waals surface area contributed by atoms with Crippen LogP contribution in [0, 0.1) is 6.92 Å². The molecule has 1 heterocycles. The second kappa shape index (κ2) is 9.95. The molecule has 2 aromatic rings. The van der Waals surface area contributed by atoms with Gasteiger partial charge in [-0.2, -0.15) is 4.31 Å².